The van der Waals surface area contributed by atoms with Crippen molar-refractivity contribution in [2.24, 2.45) is 0 Å². The monoisotopic (exact) mass is 1050 g/mol. The smallest absolute Gasteiger partial charge is 0.490 e. The molecule has 0 spiro atoms. The molecule has 2 aliphatic heterocycles. The van der Waals surface area contributed by atoms with Crippen LogP contribution in [0, 0.1) is 22.0 Å². The number of fused-ring (bicyclic) bond motifs is 3. The molecule has 3 aliphatic rings. The summed E-state index contributed by atoms with van der Waals surface area (Å²) >= 11 is 0. The number of aromatic carboxylic acids is 1. The molecule has 0 radical (unpaired) electrons. The fraction of sp³-hybridized carbons (Fsp3) is 0.205. The van der Waals surface area contributed by atoms with Gasteiger partial charge >= 0.3 is 29.4 Å². The summed E-state index contributed by atoms with van der Waals surface area (Å²) in [5, 5.41) is 46.9. The van der Waals surface area contributed by atoms with Crippen LogP contribution in [0.3, 0.4) is 0 Å². The quantitative estimate of drug-likeness (QED) is 0.0116. The summed E-state index contributed by atoms with van der Waals surface area (Å²) in [6.07, 6.45) is -1.11. The molecule has 0 bridgehead atoms. The van der Waals surface area contributed by atoms with E-state index in [1.54, 1.807) is 25.1 Å². The van der Waals surface area contributed by atoms with E-state index in [-0.39, 0.29) is 92.2 Å². The van der Waals surface area contributed by atoms with Crippen molar-refractivity contribution in [2.45, 2.75) is 50.7 Å². The number of nitro groups is 1. The molecule has 1 aliphatic carbocycles. The molecule has 6 atom stereocenters. The first-order chi connectivity index (χ1) is 34.0. The number of phenolic OH excluding ortho intramolecular Hbond substituents is 1. The van der Waals surface area contributed by atoms with Crippen molar-refractivity contribution in [3.63, 3.8) is 0 Å². The number of phenols is 1. The molecule has 0 saturated carbocycles. The molecular weight excluding hydrogens is 1010 g/mol. The minimum atomic E-state index is -5.78. The largest absolute Gasteiger partial charge is 0.508 e. The van der Waals surface area contributed by atoms with Gasteiger partial charge in [0, 0.05) is 71.3 Å². The molecule has 1 fully saturated rings. The number of phosphoric acid groups is 3. The van der Waals surface area contributed by atoms with Crippen molar-refractivity contribution in [2.75, 3.05) is 11.9 Å². The van der Waals surface area contributed by atoms with E-state index in [9.17, 15) is 63.3 Å². The van der Waals surface area contributed by atoms with Crippen LogP contribution in [0.5, 0.6) is 5.75 Å². The molecule has 4 unspecified atom stereocenters. The number of pyridine rings is 1. The number of aromatic nitrogens is 3. The number of rotatable bonds is 17. The van der Waals surface area contributed by atoms with Gasteiger partial charge in [0.15, 0.2) is 16.9 Å². The van der Waals surface area contributed by atoms with Crippen molar-refractivity contribution in [3.05, 3.63) is 134 Å². The predicted octanol–water partition coefficient (Wildman–Crippen LogP) is 6.80. The van der Waals surface area contributed by atoms with E-state index in [4.69, 9.17) is 18.9 Å². The summed E-state index contributed by atoms with van der Waals surface area (Å²) in [6, 6.07) is 17.7. The van der Waals surface area contributed by atoms with E-state index in [1.807, 2.05) is 0 Å². The number of ether oxygens (including phenoxy) is 1. The Labute approximate surface area is 404 Å². The molecule has 28 heteroatoms. The molecule has 72 heavy (non-hydrogen) atoms. The Morgan fingerprint density at radius 1 is 0.972 bits per heavy atom. The molecule has 0 amide bonds. The number of nitro benzene ring substituents is 1. The number of hydrogen-bond acceptors (Lipinski definition) is 18. The number of carbonyl (C=O) groups is 2. The summed E-state index contributed by atoms with van der Waals surface area (Å²) in [5.74, 6) is 4.10. The van der Waals surface area contributed by atoms with Crippen molar-refractivity contribution in [1.82, 2.24) is 14.5 Å². The first-order valence-corrected chi connectivity index (χ1v) is 25.6. The topological polar surface area (TPSA) is 380 Å². The van der Waals surface area contributed by atoms with Crippen LogP contribution in [0.15, 0.2) is 101 Å². The van der Waals surface area contributed by atoms with Gasteiger partial charge in [-0.15, -0.1) is 0 Å². The normalized spacial score (nSPS) is 18.0. The van der Waals surface area contributed by atoms with E-state index in [2.05, 4.69) is 40.3 Å². The Hall–Kier alpha value is -7.00. The zero-order chi connectivity index (χ0) is 51.9. The van der Waals surface area contributed by atoms with Gasteiger partial charge < -0.3 is 49.4 Å². The Kier molecular flexibility index (Phi) is 14.4. The molecular formula is C44H38N5O20P3. The SMILES string of the molecule is CC(Nc1ccnc2c1ncn2[C@H]1CC(O)[C@@H](COP(=O)(O)OP(=O)(O)OP(=O)(O)O)O1)c1ccc(C#CCCC(=O)c2ccc(C(=O)O)c(-c3c4ccc(=O)cc-4oc4cc(O)ccc34)c2)cc1[N+](=O)[O-]. The lowest BCUT2D eigenvalue weighted by Crippen LogP contribution is -2.26. The third-order valence-electron chi connectivity index (χ3n) is 11.1. The Morgan fingerprint density at radius 3 is 2.49 bits per heavy atom. The number of phosphoric ester groups is 1. The number of benzene rings is 4. The summed E-state index contributed by atoms with van der Waals surface area (Å²) < 4.78 is 59.9. The highest BCUT2D eigenvalue weighted by Gasteiger charge is 2.43. The molecule has 4 heterocycles. The number of imidazole rings is 1. The molecule has 8 rings (SSSR count). The molecule has 8 N–H and O–H groups in total. The maximum Gasteiger partial charge on any atom is 0.490 e. The Balaban J connectivity index is 0.937. The van der Waals surface area contributed by atoms with Crippen LogP contribution in [0.2, 0.25) is 0 Å². The van der Waals surface area contributed by atoms with Crippen LogP contribution in [0.4, 0.5) is 11.4 Å². The van der Waals surface area contributed by atoms with Gasteiger partial charge in [-0.1, -0.05) is 17.9 Å². The zero-order valence-corrected chi connectivity index (χ0v) is 39.5. The van der Waals surface area contributed by atoms with Gasteiger partial charge in [0.1, 0.15) is 34.9 Å². The molecule has 374 valence electrons. The molecule has 25 nitrogen and oxygen atoms in total. The summed E-state index contributed by atoms with van der Waals surface area (Å²) in [7, 11) is -16.9. The van der Waals surface area contributed by atoms with E-state index in [0.717, 1.165) is 0 Å². The highest BCUT2D eigenvalue weighted by molar-refractivity contribution is 7.66. The van der Waals surface area contributed by atoms with Crippen molar-refractivity contribution >= 4 is 68.7 Å². The van der Waals surface area contributed by atoms with Crippen LogP contribution in [0.1, 0.15) is 70.3 Å². The first kappa shape index (κ1) is 51.4. The number of nitrogens with one attached hydrogen (secondary N) is 1. The standard InChI is InChI=1S/C44H38N5O20P3/c1-23(47-33-14-15-45-43-42(33)46-22-48(43)40-20-36(53)39(67-40)21-65-71(61,62)69-72(63,64)68-70(58,59)60)28-10-6-24(16-34(28)49(56)57)4-2-3-5-35(52)25-7-11-29(44(54)55)32(17-25)41-30-12-8-26(50)18-37(30)66-38-19-27(51)9-13-31(38)41/h6-19,22-23,36,39-40,50,53H,3,5,20-21H2,1H3,(H,45,47)(H,54,55)(H,61,62)(H,63,64)(H2,58,59,60)/t23?,36?,39-,40-/m1/s1. The summed E-state index contributed by atoms with van der Waals surface area (Å²) in [6.45, 7) is 0.772. The van der Waals surface area contributed by atoms with Crippen molar-refractivity contribution in [3.8, 4) is 40.0 Å². The number of hydrogen-bond donors (Lipinski definition) is 8. The van der Waals surface area contributed by atoms with Gasteiger partial charge in [-0.2, -0.15) is 8.62 Å². The molecule has 2 aromatic heterocycles. The molecule has 1 saturated heterocycles. The fourth-order valence-corrected chi connectivity index (χ4v) is 11.0. The number of Topliss-reactive ketones (excluding diaryl/α,β-unsaturated/α-hetero) is 1. The average Bonchev–Trinajstić information content (AvgIpc) is 3.90. The lowest BCUT2D eigenvalue weighted by Gasteiger charge is -2.19. The van der Waals surface area contributed by atoms with Gasteiger partial charge in [-0.25, -0.2) is 28.5 Å². The second-order valence-corrected chi connectivity index (χ2v) is 20.4. The number of carboxylic acid groups (broad SMARTS) is 1. The maximum absolute atomic E-state index is 13.6. The minimum Gasteiger partial charge on any atom is -0.508 e. The number of aromatic hydroxyl groups is 1. The van der Waals surface area contributed by atoms with Crippen LogP contribution >= 0.6 is 23.5 Å². The predicted molar refractivity (Wildman–Crippen MR) is 251 cm³/mol. The highest BCUT2D eigenvalue weighted by Crippen LogP contribution is 2.66. The van der Waals surface area contributed by atoms with E-state index in [0.29, 0.717) is 22.2 Å². The van der Waals surface area contributed by atoms with Gasteiger partial charge in [0.2, 0.25) is 0 Å². The van der Waals surface area contributed by atoms with Crippen LogP contribution in [-0.2, 0) is 31.6 Å². The number of ketones is 1. The number of carboxylic acids is 1. The summed E-state index contributed by atoms with van der Waals surface area (Å²) in [4.78, 5) is 95.4. The number of nitrogens with zero attached hydrogens (tertiary/aromatic N) is 4. The van der Waals surface area contributed by atoms with E-state index >= 15 is 0 Å². The number of carbonyl (C=O) groups excluding carboxylic acids is 1. The van der Waals surface area contributed by atoms with Gasteiger partial charge in [0.05, 0.1) is 46.8 Å². The van der Waals surface area contributed by atoms with Crippen LogP contribution in [-0.4, -0.2) is 84.9 Å². The van der Waals surface area contributed by atoms with Gasteiger partial charge in [-0.05, 0) is 67.1 Å². The number of aliphatic hydroxyl groups is 1. The molecule has 3 aromatic carbocycles. The average molecular weight is 1050 g/mol. The first-order valence-electron chi connectivity index (χ1n) is 21.0. The van der Waals surface area contributed by atoms with Crippen LogP contribution in [0.25, 0.3) is 44.6 Å². The lowest BCUT2D eigenvalue weighted by atomic mass is 9.89. The van der Waals surface area contributed by atoms with Gasteiger partial charge in [-0.3, -0.25) is 28.8 Å². The third kappa shape index (κ3) is 11.5. The number of anilines is 1. The second-order valence-electron chi connectivity index (χ2n) is 16.0. The highest BCUT2D eigenvalue weighted by atomic mass is 31.3. The van der Waals surface area contributed by atoms with Gasteiger partial charge in [0.25, 0.3) is 5.69 Å². The van der Waals surface area contributed by atoms with Crippen LogP contribution < -0.4 is 10.7 Å². The van der Waals surface area contributed by atoms with E-state index in [1.165, 1.54) is 77.8 Å². The number of aliphatic hydroxyl groups excluding tert-OH is 1. The van der Waals surface area contributed by atoms with Crippen molar-refractivity contribution in [1.29, 1.82) is 0 Å². The van der Waals surface area contributed by atoms with Crippen molar-refractivity contribution < 1.29 is 85.4 Å². The maximum atomic E-state index is 13.6. The Morgan fingerprint density at radius 2 is 1.75 bits per heavy atom. The fourth-order valence-electron chi connectivity index (χ4n) is 7.97. The Bertz CT molecular complexity index is 3570. The minimum absolute atomic E-state index is 0.0300. The zero-order valence-electron chi connectivity index (χ0n) is 36.9. The molecule has 5 aromatic rings. The third-order valence-corrected chi connectivity index (χ3v) is 14.9. The van der Waals surface area contributed by atoms with E-state index < -0.39 is 65.4 Å². The summed E-state index contributed by atoms with van der Waals surface area (Å²) in [5.41, 5.74) is 1.97. The lowest BCUT2D eigenvalue weighted by molar-refractivity contribution is -0.385. The second kappa shape index (κ2) is 20.2.